The molecule has 0 unspecified atom stereocenters. The fourth-order valence-electron chi connectivity index (χ4n) is 2.70. The molecule has 9 nitrogen and oxygen atoms in total. The van der Waals surface area contributed by atoms with E-state index >= 15 is 0 Å². The number of likely N-dealkylation sites (N-methyl/N-ethyl adjacent to an activating group) is 1. The summed E-state index contributed by atoms with van der Waals surface area (Å²) in [5, 5.41) is 10.2. The number of hydrogen-bond acceptors (Lipinski definition) is 7. The van der Waals surface area contributed by atoms with Crippen LogP contribution in [0.1, 0.15) is 29.8 Å². The Morgan fingerprint density at radius 2 is 1.93 bits per heavy atom. The predicted octanol–water partition coefficient (Wildman–Crippen LogP) is 1.68. The monoisotopic (exact) mass is 414 g/mol. The van der Waals surface area contributed by atoms with Gasteiger partial charge in [-0.25, -0.2) is 9.59 Å². The number of nitrogens with zero attached hydrogens (tertiary/aromatic N) is 3. The van der Waals surface area contributed by atoms with Crippen molar-refractivity contribution in [2.24, 2.45) is 4.99 Å². The predicted molar refractivity (Wildman–Crippen MR) is 115 cm³/mol. The number of aromatic hydroxyl groups is 1. The normalized spacial score (nSPS) is 11.2. The van der Waals surface area contributed by atoms with Crippen LogP contribution in [0.5, 0.6) is 5.88 Å². The fourth-order valence-corrected chi connectivity index (χ4v) is 2.70. The summed E-state index contributed by atoms with van der Waals surface area (Å²) in [6, 6.07) is 6.30. The Bertz CT molecular complexity index is 1020. The summed E-state index contributed by atoms with van der Waals surface area (Å²) in [5.41, 5.74) is -0.812. The molecule has 0 amide bonds. The van der Waals surface area contributed by atoms with Gasteiger partial charge in [-0.2, -0.15) is 0 Å². The van der Waals surface area contributed by atoms with Crippen LogP contribution >= 0.6 is 0 Å². The largest absolute Gasteiger partial charge is 0.494 e. The van der Waals surface area contributed by atoms with E-state index in [0.717, 1.165) is 23.9 Å². The van der Waals surface area contributed by atoms with Crippen molar-refractivity contribution in [2.75, 3.05) is 26.2 Å². The molecule has 0 aliphatic carbocycles. The first-order chi connectivity index (χ1) is 14.4. The van der Waals surface area contributed by atoms with Crippen LogP contribution in [0.4, 0.5) is 5.69 Å². The zero-order chi connectivity index (χ0) is 22.1. The fraction of sp³-hybridized carbons (Fsp3) is 0.333. The Balaban J connectivity index is 2.09. The summed E-state index contributed by atoms with van der Waals surface area (Å²) in [6.45, 7) is 10.4. The molecule has 0 saturated carbocycles. The first kappa shape index (κ1) is 22.8. The number of carbonyl (C=O) groups excluding carboxylic acids is 1. The minimum absolute atomic E-state index is 0.0351. The number of ether oxygens (including phenoxy) is 1. The Hall–Kier alpha value is -3.46. The van der Waals surface area contributed by atoms with Gasteiger partial charge in [0.2, 0.25) is 5.88 Å². The number of benzene rings is 1. The Morgan fingerprint density at radius 1 is 1.27 bits per heavy atom. The first-order valence-electron chi connectivity index (χ1n) is 9.61. The summed E-state index contributed by atoms with van der Waals surface area (Å²) in [6.07, 6.45) is 2.57. The minimum atomic E-state index is -0.755. The third-order valence-electron chi connectivity index (χ3n) is 4.50. The van der Waals surface area contributed by atoms with E-state index in [1.54, 1.807) is 24.3 Å². The minimum Gasteiger partial charge on any atom is -0.494 e. The van der Waals surface area contributed by atoms with Crippen LogP contribution in [0.25, 0.3) is 0 Å². The van der Waals surface area contributed by atoms with Crippen molar-refractivity contribution < 1.29 is 14.6 Å². The molecule has 0 bridgehead atoms. The lowest BCUT2D eigenvalue weighted by atomic mass is 10.2. The third kappa shape index (κ3) is 5.77. The van der Waals surface area contributed by atoms with E-state index in [0.29, 0.717) is 24.4 Å². The van der Waals surface area contributed by atoms with Gasteiger partial charge in [0.05, 0.1) is 11.3 Å². The molecule has 0 radical (unpaired) electrons. The molecule has 160 valence electrons. The van der Waals surface area contributed by atoms with Crippen molar-refractivity contribution in [2.45, 2.75) is 20.4 Å². The maximum atomic E-state index is 12.1. The average Bonchev–Trinajstić information content (AvgIpc) is 2.74. The molecule has 9 heteroatoms. The molecule has 0 saturated heterocycles. The van der Waals surface area contributed by atoms with E-state index in [4.69, 9.17) is 4.74 Å². The molecule has 1 aromatic carbocycles. The number of aromatic amines is 1. The zero-order valence-corrected chi connectivity index (χ0v) is 17.1. The summed E-state index contributed by atoms with van der Waals surface area (Å²) >= 11 is 0. The maximum Gasteiger partial charge on any atom is 0.338 e. The second kappa shape index (κ2) is 10.9. The van der Waals surface area contributed by atoms with Crippen LogP contribution in [0.15, 0.2) is 51.5 Å². The highest BCUT2D eigenvalue weighted by molar-refractivity contribution is 5.90. The van der Waals surface area contributed by atoms with E-state index in [2.05, 4.69) is 21.5 Å². The zero-order valence-electron chi connectivity index (χ0n) is 17.1. The number of allylic oxidation sites excluding steroid dienone is 1. The lowest BCUT2D eigenvalue weighted by Gasteiger charge is -2.17. The number of rotatable bonds is 10. The van der Waals surface area contributed by atoms with Gasteiger partial charge in [0, 0.05) is 19.3 Å². The van der Waals surface area contributed by atoms with Crippen molar-refractivity contribution in [1.82, 2.24) is 14.5 Å². The molecule has 2 N–H and O–H groups in total. The van der Waals surface area contributed by atoms with Crippen LogP contribution in [-0.2, 0) is 11.3 Å². The molecule has 2 rings (SSSR count). The Labute approximate surface area is 174 Å². The number of aromatic nitrogens is 2. The average molecular weight is 414 g/mol. The lowest BCUT2D eigenvalue weighted by Crippen LogP contribution is -2.31. The Kier molecular flexibility index (Phi) is 8.30. The molecule has 0 spiro atoms. The van der Waals surface area contributed by atoms with Gasteiger partial charge in [-0.1, -0.05) is 19.9 Å². The van der Waals surface area contributed by atoms with Gasteiger partial charge in [-0.05, 0) is 37.4 Å². The summed E-state index contributed by atoms with van der Waals surface area (Å²) < 4.78 is 6.24. The van der Waals surface area contributed by atoms with E-state index < -0.39 is 23.1 Å². The number of H-pyrrole nitrogens is 1. The first-order valence-corrected chi connectivity index (χ1v) is 9.61. The van der Waals surface area contributed by atoms with Gasteiger partial charge in [-0.3, -0.25) is 19.3 Å². The second-order valence-electron chi connectivity index (χ2n) is 6.36. The number of hydrogen-bond donors (Lipinski definition) is 2. The number of aliphatic imine (C=N–C) groups is 1. The highest BCUT2D eigenvalue weighted by atomic mass is 16.5. The van der Waals surface area contributed by atoms with Crippen LogP contribution < -0.4 is 11.2 Å². The summed E-state index contributed by atoms with van der Waals surface area (Å²) in [5.74, 6) is -0.927. The SMILES string of the molecule is C=CCn1c(O)c(C=Nc2ccc(C(=O)OCCN(CC)CC)cc2)c(=O)[nH]c1=O. The van der Waals surface area contributed by atoms with E-state index in [-0.39, 0.29) is 12.1 Å². The van der Waals surface area contributed by atoms with Crippen molar-refractivity contribution in [3.63, 3.8) is 0 Å². The smallest absolute Gasteiger partial charge is 0.338 e. The maximum absolute atomic E-state index is 12.1. The number of nitrogens with one attached hydrogen (secondary N) is 1. The van der Waals surface area contributed by atoms with Gasteiger partial charge in [0.25, 0.3) is 5.56 Å². The molecule has 0 aliphatic rings. The molecule has 0 atom stereocenters. The molecule has 0 fully saturated rings. The summed E-state index contributed by atoms with van der Waals surface area (Å²) in [7, 11) is 0. The van der Waals surface area contributed by atoms with Crippen molar-refractivity contribution in [3.8, 4) is 5.88 Å². The van der Waals surface area contributed by atoms with Crippen molar-refractivity contribution >= 4 is 17.9 Å². The molecule has 1 heterocycles. The third-order valence-corrected chi connectivity index (χ3v) is 4.50. The van der Waals surface area contributed by atoms with Gasteiger partial charge in [-0.15, -0.1) is 6.58 Å². The molecule has 1 aromatic heterocycles. The van der Waals surface area contributed by atoms with Crippen LogP contribution in [0, 0.1) is 0 Å². The van der Waals surface area contributed by atoms with Gasteiger partial charge < -0.3 is 14.7 Å². The molecule has 30 heavy (non-hydrogen) atoms. The van der Waals surface area contributed by atoms with Crippen molar-refractivity contribution in [3.05, 3.63) is 68.9 Å². The van der Waals surface area contributed by atoms with Crippen molar-refractivity contribution in [1.29, 1.82) is 0 Å². The van der Waals surface area contributed by atoms with Crippen LogP contribution in [0.3, 0.4) is 0 Å². The van der Waals surface area contributed by atoms with E-state index in [1.165, 1.54) is 6.08 Å². The quantitative estimate of drug-likeness (QED) is 0.347. The van der Waals surface area contributed by atoms with Crippen LogP contribution in [0.2, 0.25) is 0 Å². The number of carbonyl (C=O) groups is 1. The molecule has 0 aliphatic heterocycles. The highest BCUT2D eigenvalue weighted by Crippen LogP contribution is 2.15. The number of esters is 1. The summed E-state index contributed by atoms with van der Waals surface area (Å²) in [4.78, 5) is 44.2. The lowest BCUT2D eigenvalue weighted by molar-refractivity contribution is 0.0466. The molecule has 2 aromatic rings. The standard InChI is InChI=1S/C21H26N4O5/c1-4-11-25-19(27)17(18(26)23-21(25)29)14-22-16-9-7-15(8-10-16)20(28)30-13-12-24(5-2)6-3/h4,7-10,14,27H,1,5-6,11-13H2,2-3H3,(H,23,26,29). The van der Waals surface area contributed by atoms with Crippen LogP contribution in [-0.4, -0.2) is 58.0 Å². The topological polar surface area (TPSA) is 117 Å². The highest BCUT2D eigenvalue weighted by Gasteiger charge is 2.12. The second-order valence-corrected chi connectivity index (χ2v) is 6.36. The molecular formula is C21H26N4O5. The van der Waals surface area contributed by atoms with Gasteiger partial charge in [0.1, 0.15) is 12.2 Å². The van der Waals surface area contributed by atoms with Gasteiger partial charge in [0.15, 0.2) is 0 Å². The van der Waals surface area contributed by atoms with E-state index in [1.807, 2.05) is 13.8 Å². The van der Waals surface area contributed by atoms with E-state index in [9.17, 15) is 19.5 Å². The Morgan fingerprint density at radius 3 is 2.53 bits per heavy atom. The molecular weight excluding hydrogens is 388 g/mol. The van der Waals surface area contributed by atoms with Gasteiger partial charge >= 0.3 is 11.7 Å².